The molecule has 0 aromatic carbocycles. The third-order valence-electron chi connectivity index (χ3n) is 4.67. The normalized spacial score (nSPS) is 31.6. The molecule has 3 nitrogen and oxygen atoms in total. The molecule has 0 aromatic rings. The summed E-state index contributed by atoms with van der Waals surface area (Å²) in [5, 5.41) is 8.90. The number of hydrogen-bond acceptors (Lipinski definition) is 2. The molecule has 1 amide bonds. The van der Waals surface area contributed by atoms with Crippen LogP contribution in [0.15, 0.2) is 0 Å². The van der Waals surface area contributed by atoms with Gasteiger partial charge in [0.2, 0.25) is 5.91 Å². The van der Waals surface area contributed by atoms with Crippen LogP contribution in [0.4, 0.5) is 13.2 Å². The van der Waals surface area contributed by atoms with E-state index in [-0.39, 0.29) is 31.3 Å². The summed E-state index contributed by atoms with van der Waals surface area (Å²) in [4.78, 5) is 14.1. The Kier molecular flexibility index (Phi) is 4.94. The maximum Gasteiger partial charge on any atom is 0.391 e. The van der Waals surface area contributed by atoms with E-state index in [0.29, 0.717) is 38.3 Å². The molecule has 0 radical (unpaired) electrons. The zero-order valence-electron chi connectivity index (χ0n) is 11.5. The summed E-state index contributed by atoms with van der Waals surface area (Å²) >= 11 is 0. The van der Waals surface area contributed by atoms with Crippen molar-refractivity contribution in [2.45, 2.75) is 44.7 Å². The predicted octanol–water partition coefficient (Wildman–Crippen LogP) is 2.59. The van der Waals surface area contributed by atoms with E-state index >= 15 is 0 Å². The molecular weight excluding hydrogens is 271 g/mol. The van der Waals surface area contributed by atoms with Gasteiger partial charge in [0.25, 0.3) is 0 Å². The number of carbonyl (C=O) groups is 1. The minimum Gasteiger partial charge on any atom is -0.396 e. The van der Waals surface area contributed by atoms with Crippen LogP contribution in [0.3, 0.4) is 0 Å². The fourth-order valence-electron chi connectivity index (χ4n) is 3.38. The summed E-state index contributed by atoms with van der Waals surface area (Å²) in [6.07, 6.45) is -1.67. The zero-order valence-corrected chi connectivity index (χ0v) is 11.5. The summed E-state index contributed by atoms with van der Waals surface area (Å²) in [6.45, 7) is 1.46. The Bertz CT molecular complexity index is 338. The lowest BCUT2D eigenvalue weighted by Crippen LogP contribution is -2.38. The van der Waals surface area contributed by atoms with Crippen molar-refractivity contribution in [3.63, 3.8) is 0 Å². The minimum atomic E-state index is -4.12. The van der Waals surface area contributed by atoms with E-state index in [1.165, 1.54) is 0 Å². The Balaban J connectivity index is 1.81. The summed E-state index contributed by atoms with van der Waals surface area (Å²) < 4.78 is 37.8. The average Bonchev–Trinajstić information content (AvgIpc) is 2.86. The van der Waals surface area contributed by atoms with Gasteiger partial charge in [-0.1, -0.05) is 0 Å². The Morgan fingerprint density at radius 2 is 1.80 bits per heavy atom. The van der Waals surface area contributed by atoms with Crippen molar-refractivity contribution in [1.82, 2.24) is 4.90 Å². The highest BCUT2D eigenvalue weighted by molar-refractivity contribution is 5.79. The monoisotopic (exact) mass is 293 g/mol. The number of carbonyl (C=O) groups excluding carboxylic acids is 1. The zero-order chi connectivity index (χ0) is 14.8. The second-order valence-electron chi connectivity index (χ2n) is 6.04. The summed E-state index contributed by atoms with van der Waals surface area (Å²) in [7, 11) is 0. The van der Waals surface area contributed by atoms with Gasteiger partial charge < -0.3 is 10.0 Å². The second kappa shape index (κ2) is 6.33. The molecule has 2 fully saturated rings. The van der Waals surface area contributed by atoms with Gasteiger partial charge in [0.1, 0.15) is 0 Å². The highest BCUT2D eigenvalue weighted by Gasteiger charge is 2.43. The topological polar surface area (TPSA) is 40.5 Å². The number of alkyl halides is 3. The van der Waals surface area contributed by atoms with E-state index < -0.39 is 12.1 Å². The van der Waals surface area contributed by atoms with Crippen LogP contribution in [0.1, 0.15) is 38.5 Å². The first-order valence-corrected chi connectivity index (χ1v) is 7.38. The molecule has 1 saturated carbocycles. The number of nitrogens with zero attached hydrogens (tertiary/aromatic N) is 1. The van der Waals surface area contributed by atoms with E-state index in [1.807, 2.05) is 0 Å². The molecule has 1 unspecified atom stereocenters. The van der Waals surface area contributed by atoms with E-state index in [0.717, 1.165) is 6.42 Å². The molecule has 116 valence electrons. The summed E-state index contributed by atoms with van der Waals surface area (Å²) in [6, 6.07) is 0. The first-order valence-electron chi connectivity index (χ1n) is 7.38. The fraction of sp³-hybridized carbons (Fsp3) is 0.929. The minimum absolute atomic E-state index is 0.0195. The van der Waals surface area contributed by atoms with E-state index in [4.69, 9.17) is 5.11 Å². The highest BCUT2D eigenvalue weighted by atomic mass is 19.4. The van der Waals surface area contributed by atoms with Crippen molar-refractivity contribution >= 4 is 5.91 Å². The van der Waals surface area contributed by atoms with Gasteiger partial charge in [-0.25, -0.2) is 0 Å². The van der Waals surface area contributed by atoms with E-state index in [1.54, 1.807) is 4.90 Å². The van der Waals surface area contributed by atoms with Crippen molar-refractivity contribution in [3.05, 3.63) is 0 Å². The number of aliphatic hydroxyl groups is 1. The smallest absolute Gasteiger partial charge is 0.391 e. The predicted molar refractivity (Wildman–Crippen MR) is 67.9 cm³/mol. The van der Waals surface area contributed by atoms with Crippen LogP contribution < -0.4 is 0 Å². The first kappa shape index (κ1) is 15.6. The van der Waals surface area contributed by atoms with Crippen molar-refractivity contribution in [2.24, 2.45) is 17.8 Å². The van der Waals surface area contributed by atoms with Gasteiger partial charge in [-0.05, 0) is 44.4 Å². The maximum atomic E-state index is 12.6. The van der Waals surface area contributed by atoms with Crippen LogP contribution in [-0.4, -0.2) is 41.8 Å². The largest absolute Gasteiger partial charge is 0.396 e. The number of amides is 1. The highest BCUT2D eigenvalue weighted by Crippen LogP contribution is 2.40. The van der Waals surface area contributed by atoms with Crippen molar-refractivity contribution < 1.29 is 23.1 Å². The SMILES string of the molecule is O=C(C1CCC(C(F)(F)F)CC1)N1CCC(CCO)C1. The Hall–Kier alpha value is -0.780. The number of hydrogen-bond donors (Lipinski definition) is 1. The lowest BCUT2D eigenvalue weighted by molar-refractivity contribution is -0.185. The second-order valence-corrected chi connectivity index (χ2v) is 6.04. The average molecular weight is 293 g/mol. The van der Waals surface area contributed by atoms with Gasteiger partial charge in [-0.3, -0.25) is 4.79 Å². The van der Waals surface area contributed by atoms with Crippen molar-refractivity contribution in [2.75, 3.05) is 19.7 Å². The molecular formula is C14H22F3NO2. The number of likely N-dealkylation sites (tertiary alicyclic amines) is 1. The van der Waals surface area contributed by atoms with Crippen molar-refractivity contribution in [3.8, 4) is 0 Å². The molecule has 1 N–H and O–H groups in total. The molecule has 20 heavy (non-hydrogen) atoms. The van der Waals surface area contributed by atoms with E-state index in [9.17, 15) is 18.0 Å². The van der Waals surface area contributed by atoms with Gasteiger partial charge >= 0.3 is 6.18 Å². The summed E-state index contributed by atoms with van der Waals surface area (Å²) in [5.74, 6) is -1.10. The molecule has 1 saturated heterocycles. The third-order valence-corrected chi connectivity index (χ3v) is 4.67. The Morgan fingerprint density at radius 3 is 2.35 bits per heavy atom. The number of aliphatic hydroxyl groups excluding tert-OH is 1. The third kappa shape index (κ3) is 3.65. The van der Waals surface area contributed by atoms with Crippen LogP contribution in [0, 0.1) is 17.8 Å². The molecule has 2 aliphatic rings. The Labute approximate surface area is 117 Å². The molecule has 6 heteroatoms. The molecule has 0 bridgehead atoms. The van der Waals surface area contributed by atoms with Crippen LogP contribution in [0.25, 0.3) is 0 Å². The molecule has 1 aliphatic heterocycles. The van der Waals surface area contributed by atoms with Gasteiger partial charge in [-0.15, -0.1) is 0 Å². The lowest BCUT2D eigenvalue weighted by Gasteiger charge is -2.31. The summed E-state index contributed by atoms with van der Waals surface area (Å²) in [5.41, 5.74) is 0. The maximum absolute atomic E-state index is 12.6. The van der Waals surface area contributed by atoms with Crippen LogP contribution >= 0.6 is 0 Å². The first-order chi connectivity index (χ1) is 9.41. The number of rotatable bonds is 3. The lowest BCUT2D eigenvalue weighted by atomic mass is 9.81. The van der Waals surface area contributed by atoms with Crippen molar-refractivity contribution in [1.29, 1.82) is 0 Å². The fourth-order valence-corrected chi connectivity index (χ4v) is 3.38. The number of halogens is 3. The Morgan fingerprint density at radius 1 is 1.15 bits per heavy atom. The van der Waals surface area contributed by atoms with Gasteiger partial charge in [0, 0.05) is 25.6 Å². The quantitative estimate of drug-likeness (QED) is 0.869. The van der Waals surface area contributed by atoms with Gasteiger partial charge in [0.05, 0.1) is 5.92 Å². The molecule has 1 aliphatic carbocycles. The molecule has 0 aromatic heterocycles. The molecule has 1 atom stereocenters. The standard InChI is InChI=1S/C14H22F3NO2/c15-14(16,17)12-3-1-11(2-4-12)13(20)18-7-5-10(9-18)6-8-19/h10-12,19H,1-9H2. The molecule has 1 heterocycles. The van der Waals surface area contributed by atoms with E-state index in [2.05, 4.69) is 0 Å². The van der Waals surface area contributed by atoms with Crippen LogP contribution in [-0.2, 0) is 4.79 Å². The van der Waals surface area contributed by atoms with Gasteiger partial charge in [0.15, 0.2) is 0 Å². The molecule has 0 spiro atoms. The van der Waals surface area contributed by atoms with Crippen LogP contribution in [0.2, 0.25) is 0 Å². The van der Waals surface area contributed by atoms with Crippen LogP contribution in [0.5, 0.6) is 0 Å². The molecule has 2 rings (SSSR count). The van der Waals surface area contributed by atoms with Gasteiger partial charge in [-0.2, -0.15) is 13.2 Å².